The SMILES string of the molecule is Cc1ccc(C[NH+](C)CC(=O)Nc2cccc(S(C)(=O)=O)c2)o1. The van der Waals surface area contributed by atoms with Crippen LogP contribution in [-0.4, -0.2) is 34.2 Å². The zero-order valence-electron chi connectivity index (χ0n) is 13.4. The minimum Gasteiger partial charge on any atom is -0.460 e. The first kappa shape index (κ1) is 17.2. The number of anilines is 1. The number of carbonyl (C=O) groups excluding carboxylic acids is 1. The average molecular weight is 337 g/mol. The summed E-state index contributed by atoms with van der Waals surface area (Å²) in [7, 11) is -1.40. The van der Waals surface area contributed by atoms with E-state index in [1.54, 1.807) is 12.1 Å². The van der Waals surface area contributed by atoms with Crippen LogP contribution in [0.4, 0.5) is 5.69 Å². The van der Waals surface area contributed by atoms with Crippen molar-refractivity contribution in [2.24, 2.45) is 0 Å². The summed E-state index contributed by atoms with van der Waals surface area (Å²) in [6.45, 7) is 2.73. The summed E-state index contributed by atoms with van der Waals surface area (Å²) in [5.41, 5.74) is 0.472. The Morgan fingerprint density at radius 1 is 1.26 bits per heavy atom. The molecule has 0 aliphatic rings. The molecule has 1 atom stereocenters. The first-order chi connectivity index (χ1) is 10.7. The molecule has 1 heterocycles. The third-order valence-corrected chi connectivity index (χ3v) is 4.39. The maximum absolute atomic E-state index is 12.1. The van der Waals surface area contributed by atoms with Crippen LogP contribution in [0, 0.1) is 6.92 Å². The molecule has 0 saturated heterocycles. The smallest absolute Gasteiger partial charge is 0.279 e. The van der Waals surface area contributed by atoms with E-state index in [2.05, 4.69) is 5.32 Å². The van der Waals surface area contributed by atoms with E-state index in [1.165, 1.54) is 12.1 Å². The summed E-state index contributed by atoms with van der Waals surface area (Å²) in [5, 5.41) is 2.72. The molecule has 6 nitrogen and oxygen atoms in total. The third-order valence-electron chi connectivity index (χ3n) is 3.28. The molecule has 1 aromatic carbocycles. The Kier molecular flexibility index (Phi) is 5.23. The average Bonchev–Trinajstić information content (AvgIpc) is 2.83. The first-order valence-electron chi connectivity index (χ1n) is 7.20. The molecule has 2 rings (SSSR count). The standard InChI is InChI=1S/C16H20N2O4S/c1-12-7-8-14(22-12)10-18(2)11-16(19)17-13-5-4-6-15(9-13)23(3,20)21/h4-9H,10-11H2,1-3H3,(H,17,19)/p+1. The summed E-state index contributed by atoms with van der Waals surface area (Å²) in [4.78, 5) is 13.2. The Labute approximate surface area is 136 Å². The Morgan fingerprint density at radius 3 is 2.61 bits per heavy atom. The number of furan rings is 1. The lowest BCUT2D eigenvalue weighted by Gasteiger charge is -2.12. The van der Waals surface area contributed by atoms with Gasteiger partial charge in [0.1, 0.15) is 12.3 Å². The van der Waals surface area contributed by atoms with Crippen molar-refractivity contribution in [2.75, 3.05) is 25.2 Å². The zero-order valence-corrected chi connectivity index (χ0v) is 14.2. The molecule has 0 fully saturated rings. The molecule has 1 unspecified atom stereocenters. The summed E-state index contributed by atoms with van der Waals surface area (Å²) < 4.78 is 28.5. The number of aryl methyl sites for hydroxylation is 1. The van der Waals surface area contributed by atoms with Gasteiger partial charge in [-0.05, 0) is 37.3 Å². The van der Waals surface area contributed by atoms with E-state index in [0.717, 1.165) is 22.7 Å². The van der Waals surface area contributed by atoms with Crippen LogP contribution < -0.4 is 10.2 Å². The molecule has 0 spiro atoms. The number of quaternary nitrogens is 1. The van der Waals surface area contributed by atoms with E-state index in [4.69, 9.17) is 4.42 Å². The molecular formula is C16H21N2O4S+. The number of benzene rings is 1. The second-order valence-electron chi connectivity index (χ2n) is 5.67. The largest absolute Gasteiger partial charge is 0.460 e. The van der Waals surface area contributed by atoms with E-state index in [1.807, 2.05) is 26.1 Å². The van der Waals surface area contributed by atoms with E-state index in [-0.39, 0.29) is 17.3 Å². The van der Waals surface area contributed by atoms with Crippen molar-refractivity contribution in [1.29, 1.82) is 0 Å². The van der Waals surface area contributed by atoms with Gasteiger partial charge in [-0.15, -0.1) is 0 Å². The van der Waals surface area contributed by atoms with Crippen LogP contribution in [0.5, 0.6) is 0 Å². The van der Waals surface area contributed by atoms with Crippen LogP contribution in [-0.2, 0) is 21.2 Å². The second-order valence-corrected chi connectivity index (χ2v) is 7.69. The van der Waals surface area contributed by atoms with E-state index >= 15 is 0 Å². The van der Waals surface area contributed by atoms with Crippen LogP contribution in [0.2, 0.25) is 0 Å². The maximum atomic E-state index is 12.1. The van der Waals surface area contributed by atoms with Gasteiger partial charge in [-0.2, -0.15) is 0 Å². The van der Waals surface area contributed by atoms with Crippen molar-refractivity contribution in [1.82, 2.24) is 0 Å². The minimum absolute atomic E-state index is 0.182. The molecule has 23 heavy (non-hydrogen) atoms. The van der Waals surface area contributed by atoms with Crippen molar-refractivity contribution in [3.63, 3.8) is 0 Å². The Morgan fingerprint density at radius 2 is 2.00 bits per heavy atom. The summed E-state index contributed by atoms with van der Waals surface area (Å²) in [5.74, 6) is 1.48. The molecular weight excluding hydrogens is 316 g/mol. The van der Waals surface area contributed by atoms with Gasteiger partial charge in [-0.1, -0.05) is 6.07 Å². The molecule has 0 aliphatic heterocycles. The molecule has 7 heteroatoms. The first-order valence-corrected chi connectivity index (χ1v) is 9.10. The highest BCUT2D eigenvalue weighted by molar-refractivity contribution is 7.90. The van der Waals surface area contributed by atoms with Crippen LogP contribution >= 0.6 is 0 Å². The highest BCUT2D eigenvalue weighted by Crippen LogP contribution is 2.14. The number of hydrogen-bond acceptors (Lipinski definition) is 4. The van der Waals surface area contributed by atoms with Gasteiger partial charge in [0.15, 0.2) is 22.1 Å². The molecule has 1 aromatic heterocycles. The lowest BCUT2D eigenvalue weighted by molar-refractivity contribution is -0.886. The van der Waals surface area contributed by atoms with Gasteiger partial charge in [-0.3, -0.25) is 4.79 Å². The topological polar surface area (TPSA) is 80.8 Å². The number of sulfone groups is 1. The fraction of sp³-hybridized carbons (Fsp3) is 0.312. The quantitative estimate of drug-likeness (QED) is 0.811. The lowest BCUT2D eigenvalue weighted by Crippen LogP contribution is -3.08. The normalized spacial score (nSPS) is 12.8. The van der Waals surface area contributed by atoms with Crippen molar-refractivity contribution >= 4 is 21.4 Å². The van der Waals surface area contributed by atoms with Crippen LogP contribution in [0.15, 0.2) is 45.7 Å². The molecule has 0 saturated carbocycles. The third kappa shape index (κ3) is 5.22. The predicted octanol–water partition coefficient (Wildman–Crippen LogP) is 0.645. The van der Waals surface area contributed by atoms with Crippen molar-refractivity contribution in [3.8, 4) is 0 Å². The number of hydrogen-bond donors (Lipinski definition) is 2. The monoisotopic (exact) mass is 337 g/mol. The number of likely N-dealkylation sites (N-methyl/N-ethyl adjacent to an activating group) is 1. The fourth-order valence-corrected chi connectivity index (χ4v) is 2.89. The van der Waals surface area contributed by atoms with Gasteiger partial charge < -0.3 is 14.6 Å². The zero-order chi connectivity index (χ0) is 17.0. The van der Waals surface area contributed by atoms with Gasteiger partial charge in [-0.25, -0.2) is 8.42 Å². The molecule has 2 N–H and O–H groups in total. The Hall–Kier alpha value is -2.12. The Bertz CT molecular complexity index is 796. The molecule has 0 bridgehead atoms. The highest BCUT2D eigenvalue weighted by atomic mass is 32.2. The van der Waals surface area contributed by atoms with E-state index in [0.29, 0.717) is 12.2 Å². The van der Waals surface area contributed by atoms with Crippen molar-refractivity contribution < 1.29 is 22.5 Å². The van der Waals surface area contributed by atoms with Gasteiger partial charge in [0.25, 0.3) is 5.91 Å². The fourth-order valence-electron chi connectivity index (χ4n) is 2.22. The maximum Gasteiger partial charge on any atom is 0.279 e. The minimum atomic E-state index is -3.29. The van der Waals surface area contributed by atoms with Crippen LogP contribution in [0.1, 0.15) is 11.5 Å². The predicted molar refractivity (Wildman–Crippen MR) is 87.1 cm³/mol. The molecule has 2 aromatic rings. The van der Waals surface area contributed by atoms with Crippen molar-refractivity contribution in [3.05, 3.63) is 47.9 Å². The summed E-state index contributed by atoms with van der Waals surface area (Å²) in [6, 6.07) is 10.0. The summed E-state index contributed by atoms with van der Waals surface area (Å²) >= 11 is 0. The lowest BCUT2D eigenvalue weighted by atomic mass is 10.3. The van der Waals surface area contributed by atoms with Gasteiger partial charge >= 0.3 is 0 Å². The molecule has 124 valence electrons. The van der Waals surface area contributed by atoms with E-state index in [9.17, 15) is 13.2 Å². The summed E-state index contributed by atoms with van der Waals surface area (Å²) in [6.07, 6.45) is 1.14. The number of amides is 1. The number of nitrogens with one attached hydrogen (secondary N) is 2. The highest BCUT2D eigenvalue weighted by Gasteiger charge is 2.14. The van der Waals surface area contributed by atoms with Crippen LogP contribution in [0.25, 0.3) is 0 Å². The van der Waals surface area contributed by atoms with Crippen LogP contribution in [0.3, 0.4) is 0 Å². The number of rotatable bonds is 6. The molecule has 0 radical (unpaired) electrons. The molecule has 0 aliphatic carbocycles. The number of carbonyl (C=O) groups is 1. The Balaban J connectivity index is 1.94. The van der Waals surface area contributed by atoms with Gasteiger partial charge in [0, 0.05) is 11.9 Å². The van der Waals surface area contributed by atoms with Gasteiger partial charge in [0.2, 0.25) is 0 Å². The van der Waals surface area contributed by atoms with Crippen molar-refractivity contribution in [2.45, 2.75) is 18.4 Å². The van der Waals surface area contributed by atoms with E-state index < -0.39 is 9.84 Å². The molecule has 1 amide bonds. The second kappa shape index (κ2) is 6.97. The van der Waals surface area contributed by atoms with Gasteiger partial charge in [0.05, 0.1) is 11.9 Å².